The second-order valence-electron chi connectivity index (χ2n) is 5.98. The molecule has 2 aromatic heterocycles. The summed E-state index contributed by atoms with van der Waals surface area (Å²) in [7, 11) is 0. The summed E-state index contributed by atoms with van der Waals surface area (Å²) in [6, 6.07) is 13.8. The van der Waals surface area contributed by atoms with Crippen molar-refractivity contribution in [1.29, 1.82) is 0 Å². The second kappa shape index (κ2) is 7.01. The summed E-state index contributed by atoms with van der Waals surface area (Å²) in [4.78, 5) is 13.6. The number of carbonyl (C=O) groups is 1. The minimum atomic E-state index is -0.0573. The number of benzene rings is 1. The summed E-state index contributed by atoms with van der Waals surface area (Å²) in [5, 5.41) is 9.70. The molecule has 124 valence electrons. The predicted molar refractivity (Wildman–Crippen MR) is 97.7 cm³/mol. The van der Waals surface area contributed by atoms with Crippen molar-refractivity contribution in [2.75, 3.05) is 6.54 Å². The van der Waals surface area contributed by atoms with Crippen molar-refractivity contribution in [2.24, 2.45) is 0 Å². The topological polar surface area (TPSA) is 46.9 Å². The zero-order valence-corrected chi connectivity index (χ0v) is 14.9. The highest BCUT2D eigenvalue weighted by Gasteiger charge is 2.19. The monoisotopic (exact) mass is 339 g/mol. The third-order valence-corrected chi connectivity index (χ3v) is 4.95. The van der Waals surface area contributed by atoms with Crippen LogP contribution in [0.3, 0.4) is 0 Å². The molecule has 3 rings (SSSR count). The van der Waals surface area contributed by atoms with E-state index in [1.54, 1.807) is 11.3 Å². The molecule has 1 N–H and O–H groups in total. The number of aromatic nitrogens is 2. The zero-order chi connectivity index (χ0) is 17.1. The predicted octanol–water partition coefficient (Wildman–Crippen LogP) is 3.89. The lowest BCUT2D eigenvalue weighted by molar-refractivity contribution is 0.0949. The maximum atomic E-state index is 12.4. The Morgan fingerprint density at radius 1 is 1.21 bits per heavy atom. The average Bonchev–Trinajstić information content (AvgIpc) is 3.19. The lowest BCUT2D eigenvalue weighted by atomic mass is 10.1. The minimum absolute atomic E-state index is 0.00750. The van der Waals surface area contributed by atoms with Crippen LogP contribution in [-0.2, 0) is 0 Å². The molecular weight excluding hydrogens is 318 g/mol. The first-order chi connectivity index (χ1) is 11.5. The molecular formula is C19H21N3OS. The summed E-state index contributed by atoms with van der Waals surface area (Å²) >= 11 is 1.68. The molecule has 24 heavy (non-hydrogen) atoms. The van der Waals surface area contributed by atoms with Gasteiger partial charge in [-0.15, -0.1) is 11.3 Å². The normalized spacial score (nSPS) is 12.1. The van der Waals surface area contributed by atoms with Gasteiger partial charge in [0.25, 0.3) is 5.91 Å². The highest BCUT2D eigenvalue weighted by atomic mass is 32.1. The van der Waals surface area contributed by atoms with E-state index < -0.39 is 0 Å². The van der Waals surface area contributed by atoms with Crippen molar-refractivity contribution < 1.29 is 4.79 Å². The number of aryl methyl sites for hydroxylation is 3. The van der Waals surface area contributed by atoms with Crippen molar-refractivity contribution >= 4 is 17.2 Å². The first-order valence-corrected chi connectivity index (χ1v) is 8.83. The highest BCUT2D eigenvalue weighted by molar-refractivity contribution is 7.10. The van der Waals surface area contributed by atoms with Gasteiger partial charge in [-0.3, -0.25) is 9.48 Å². The lowest BCUT2D eigenvalue weighted by Crippen LogP contribution is -2.31. The van der Waals surface area contributed by atoms with Gasteiger partial charge in [0, 0.05) is 22.7 Å². The van der Waals surface area contributed by atoms with Crippen LogP contribution in [0.5, 0.6) is 0 Å². The maximum Gasteiger partial charge on any atom is 0.251 e. The summed E-state index contributed by atoms with van der Waals surface area (Å²) in [6.45, 7) is 6.55. The molecule has 1 atom stereocenters. The van der Waals surface area contributed by atoms with Gasteiger partial charge in [-0.1, -0.05) is 23.8 Å². The molecule has 0 aliphatic rings. The quantitative estimate of drug-likeness (QED) is 0.766. The Balaban J connectivity index is 1.79. The fourth-order valence-corrected chi connectivity index (χ4v) is 3.56. The molecule has 0 saturated carbocycles. The van der Waals surface area contributed by atoms with Gasteiger partial charge in [0.2, 0.25) is 0 Å². The molecule has 0 saturated heterocycles. The fourth-order valence-electron chi connectivity index (χ4n) is 2.75. The number of hydrogen-bond acceptors (Lipinski definition) is 3. The van der Waals surface area contributed by atoms with Gasteiger partial charge in [-0.05, 0) is 50.4 Å². The molecule has 5 heteroatoms. The van der Waals surface area contributed by atoms with Gasteiger partial charge in [0.05, 0.1) is 5.69 Å². The molecule has 0 radical (unpaired) electrons. The van der Waals surface area contributed by atoms with Gasteiger partial charge in [-0.2, -0.15) is 5.10 Å². The Morgan fingerprint density at radius 3 is 2.54 bits per heavy atom. The number of hydrogen-bond donors (Lipinski definition) is 1. The van der Waals surface area contributed by atoms with Crippen LogP contribution in [0, 0.1) is 20.8 Å². The third kappa shape index (κ3) is 3.57. The van der Waals surface area contributed by atoms with E-state index in [4.69, 9.17) is 0 Å². The zero-order valence-electron chi connectivity index (χ0n) is 14.1. The molecule has 1 amide bonds. The molecule has 0 bridgehead atoms. The van der Waals surface area contributed by atoms with Gasteiger partial charge in [0.1, 0.15) is 6.04 Å². The van der Waals surface area contributed by atoms with E-state index in [1.165, 1.54) is 4.88 Å². The van der Waals surface area contributed by atoms with Crippen LogP contribution < -0.4 is 5.32 Å². The summed E-state index contributed by atoms with van der Waals surface area (Å²) < 4.78 is 2.00. The Morgan fingerprint density at radius 2 is 1.96 bits per heavy atom. The van der Waals surface area contributed by atoms with Crippen molar-refractivity contribution in [3.8, 4) is 0 Å². The van der Waals surface area contributed by atoms with Crippen LogP contribution in [0.2, 0.25) is 0 Å². The third-order valence-electron chi connectivity index (χ3n) is 3.98. The van der Waals surface area contributed by atoms with Gasteiger partial charge < -0.3 is 5.32 Å². The van der Waals surface area contributed by atoms with Crippen LogP contribution in [0.4, 0.5) is 0 Å². The van der Waals surface area contributed by atoms with Gasteiger partial charge in [0.15, 0.2) is 0 Å². The number of thiophene rings is 1. The number of carbonyl (C=O) groups excluding carboxylic acids is 1. The minimum Gasteiger partial charge on any atom is -0.350 e. The molecule has 1 aromatic carbocycles. The first-order valence-electron chi connectivity index (χ1n) is 7.95. The standard InChI is InChI=1S/C19H21N3OS/c1-13-6-8-16(9-7-13)19(23)20-12-17(18-5-4-10-24-18)22-15(3)11-14(2)21-22/h4-11,17H,12H2,1-3H3,(H,20,23). The molecule has 0 spiro atoms. The molecule has 3 aromatic rings. The van der Waals surface area contributed by atoms with E-state index in [0.29, 0.717) is 12.1 Å². The van der Waals surface area contributed by atoms with E-state index in [2.05, 4.69) is 27.9 Å². The largest absolute Gasteiger partial charge is 0.350 e. The van der Waals surface area contributed by atoms with Crippen molar-refractivity contribution in [3.63, 3.8) is 0 Å². The molecule has 0 aliphatic heterocycles. The summed E-state index contributed by atoms with van der Waals surface area (Å²) in [6.07, 6.45) is 0. The van der Waals surface area contributed by atoms with Crippen LogP contribution in [0.1, 0.15) is 38.2 Å². The lowest BCUT2D eigenvalue weighted by Gasteiger charge is -2.19. The Hall–Kier alpha value is -2.40. The number of nitrogens with zero attached hydrogens (tertiary/aromatic N) is 2. The molecule has 4 nitrogen and oxygen atoms in total. The van der Waals surface area contributed by atoms with Gasteiger partial charge >= 0.3 is 0 Å². The molecule has 0 fully saturated rings. The van der Waals surface area contributed by atoms with Crippen molar-refractivity contribution in [3.05, 3.63) is 75.2 Å². The summed E-state index contributed by atoms with van der Waals surface area (Å²) in [5.41, 5.74) is 3.90. The van der Waals surface area contributed by atoms with Crippen molar-refractivity contribution in [2.45, 2.75) is 26.8 Å². The van der Waals surface area contributed by atoms with E-state index in [9.17, 15) is 4.79 Å². The first kappa shape index (κ1) is 16.5. The smallest absolute Gasteiger partial charge is 0.251 e. The number of nitrogens with one attached hydrogen (secondary N) is 1. The van der Waals surface area contributed by atoms with Gasteiger partial charge in [-0.25, -0.2) is 0 Å². The fraction of sp³-hybridized carbons (Fsp3) is 0.263. The second-order valence-corrected chi connectivity index (χ2v) is 6.96. The van der Waals surface area contributed by atoms with E-state index in [1.807, 2.05) is 55.8 Å². The number of amides is 1. The van der Waals surface area contributed by atoms with E-state index in [0.717, 1.165) is 17.0 Å². The molecule has 1 unspecified atom stereocenters. The molecule has 2 heterocycles. The van der Waals surface area contributed by atoms with Crippen LogP contribution in [-0.4, -0.2) is 22.2 Å². The Labute approximate surface area is 146 Å². The van der Waals surface area contributed by atoms with E-state index in [-0.39, 0.29) is 11.9 Å². The molecule has 0 aliphatic carbocycles. The highest BCUT2D eigenvalue weighted by Crippen LogP contribution is 2.24. The van der Waals surface area contributed by atoms with Crippen LogP contribution in [0.15, 0.2) is 47.8 Å². The van der Waals surface area contributed by atoms with Crippen molar-refractivity contribution in [1.82, 2.24) is 15.1 Å². The van der Waals surface area contributed by atoms with E-state index >= 15 is 0 Å². The Kier molecular flexibility index (Phi) is 4.81. The maximum absolute atomic E-state index is 12.4. The Bertz CT molecular complexity index is 819. The van der Waals surface area contributed by atoms with Crippen LogP contribution >= 0.6 is 11.3 Å². The summed E-state index contributed by atoms with van der Waals surface area (Å²) in [5.74, 6) is -0.0573. The SMILES string of the molecule is Cc1ccc(C(=O)NCC(c2cccs2)n2nc(C)cc2C)cc1. The average molecular weight is 339 g/mol. The number of rotatable bonds is 5. The van der Waals surface area contributed by atoms with Crippen LogP contribution in [0.25, 0.3) is 0 Å².